The molecule has 0 aliphatic carbocycles. The minimum Gasteiger partial charge on any atom is -0.377 e. The average Bonchev–Trinajstić information content (AvgIpc) is 2.64. The van der Waals surface area contributed by atoms with Gasteiger partial charge in [0.05, 0.1) is 0 Å². The second kappa shape index (κ2) is 9.14. The Labute approximate surface area is 153 Å². The SMILES string of the molecule is COCc1ncc(CN2CCC[C@@H](CCc3c(F)cccc3F)C2)cn1. The molecule has 140 valence electrons. The third-order valence-corrected chi connectivity index (χ3v) is 4.91. The maximum Gasteiger partial charge on any atom is 0.153 e. The Morgan fingerprint density at radius 2 is 1.92 bits per heavy atom. The van der Waals surface area contributed by atoms with E-state index in [-0.39, 0.29) is 5.56 Å². The summed E-state index contributed by atoms with van der Waals surface area (Å²) < 4.78 is 32.6. The van der Waals surface area contributed by atoms with Crippen LogP contribution in [0.1, 0.15) is 36.2 Å². The summed E-state index contributed by atoms with van der Waals surface area (Å²) in [5, 5.41) is 0. The molecule has 6 heteroatoms. The highest BCUT2D eigenvalue weighted by atomic mass is 19.1. The Hall–Kier alpha value is -1.92. The van der Waals surface area contributed by atoms with Crippen molar-refractivity contribution in [1.29, 1.82) is 0 Å². The van der Waals surface area contributed by atoms with E-state index in [4.69, 9.17) is 4.74 Å². The number of aromatic nitrogens is 2. The third kappa shape index (κ3) is 5.05. The van der Waals surface area contributed by atoms with Crippen LogP contribution in [0.3, 0.4) is 0 Å². The predicted molar refractivity (Wildman–Crippen MR) is 95.4 cm³/mol. The van der Waals surface area contributed by atoms with Gasteiger partial charge in [0.1, 0.15) is 18.2 Å². The monoisotopic (exact) mass is 361 g/mol. The summed E-state index contributed by atoms with van der Waals surface area (Å²) >= 11 is 0. The van der Waals surface area contributed by atoms with Gasteiger partial charge in [-0.2, -0.15) is 0 Å². The Bertz CT molecular complexity index is 688. The van der Waals surface area contributed by atoms with E-state index in [1.807, 2.05) is 12.4 Å². The first kappa shape index (κ1) is 18.9. The fourth-order valence-corrected chi connectivity index (χ4v) is 3.58. The molecule has 1 aromatic heterocycles. The molecule has 0 N–H and O–H groups in total. The Morgan fingerprint density at radius 1 is 1.19 bits per heavy atom. The van der Waals surface area contributed by atoms with Crippen molar-refractivity contribution in [3.8, 4) is 0 Å². The second-order valence-corrected chi connectivity index (χ2v) is 6.92. The van der Waals surface area contributed by atoms with Gasteiger partial charge in [-0.25, -0.2) is 18.7 Å². The van der Waals surface area contributed by atoms with Crippen molar-refractivity contribution in [1.82, 2.24) is 14.9 Å². The average molecular weight is 361 g/mol. The molecular weight excluding hydrogens is 336 g/mol. The third-order valence-electron chi connectivity index (χ3n) is 4.91. The van der Waals surface area contributed by atoms with Crippen LogP contribution < -0.4 is 0 Å². The van der Waals surface area contributed by atoms with Gasteiger partial charge in [-0.3, -0.25) is 4.90 Å². The first-order valence-electron chi connectivity index (χ1n) is 9.09. The summed E-state index contributed by atoms with van der Waals surface area (Å²) in [5.41, 5.74) is 1.29. The maximum absolute atomic E-state index is 13.8. The molecule has 0 saturated carbocycles. The van der Waals surface area contributed by atoms with E-state index >= 15 is 0 Å². The van der Waals surface area contributed by atoms with Crippen LogP contribution in [0.2, 0.25) is 0 Å². The minimum atomic E-state index is -0.439. The van der Waals surface area contributed by atoms with Gasteiger partial charge >= 0.3 is 0 Å². The van der Waals surface area contributed by atoms with E-state index in [9.17, 15) is 8.78 Å². The summed E-state index contributed by atoms with van der Waals surface area (Å²) in [6.45, 7) is 3.19. The van der Waals surface area contributed by atoms with Gasteiger partial charge in [0.2, 0.25) is 0 Å². The summed E-state index contributed by atoms with van der Waals surface area (Å²) in [6.07, 6.45) is 7.16. The summed E-state index contributed by atoms with van der Waals surface area (Å²) in [5.74, 6) is 0.257. The molecule has 1 aromatic carbocycles. The molecule has 1 atom stereocenters. The first-order valence-corrected chi connectivity index (χ1v) is 9.09. The number of hydrogen-bond acceptors (Lipinski definition) is 4. The molecule has 26 heavy (non-hydrogen) atoms. The van der Waals surface area contributed by atoms with Crippen molar-refractivity contribution in [2.75, 3.05) is 20.2 Å². The fourth-order valence-electron chi connectivity index (χ4n) is 3.58. The quantitative estimate of drug-likeness (QED) is 0.753. The van der Waals surface area contributed by atoms with Crippen LogP contribution in [0, 0.1) is 17.6 Å². The summed E-state index contributed by atoms with van der Waals surface area (Å²) in [7, 11) is 1.62. The fraction of sp³-hybridized carbons (Fsp3) is 0.500. The molecule has 0 unspecified atom stereocenters. The number of rotatable bonds is 7. The van der Waals surface area contributed by atoms with Gasteiger partial charge in [0.15, 0.2) is 5.82 Å². The molecule has 1 saturated heterocycles. The van der Waals surface area contributed by atoms with Gasteiger partial charge in [-0.05, 0) is 50.3 Å². The second-order valence-electron chi connectivity index (χ2n) is 6.92. The van der Waals surface area contributed by atoms with Gasteiger partial charge in [-0.15, -0.1) is 0 Å². The Morgan fingerprint density at radius 3 is 2.62 bits per heavy atom. The molecule has 0 amide bonds. The van der Waals surface area contributed by atoms with Gasteiger partial charge < -0.3 is 4.74 Å². The van der Waals surface area contributed by atoms with E-state index in [0.717, 1.165) is 44.5 Å². The standard InChI is InChI=1S/C20H25F2N3O/c1-26-14-20-23-10-16(11-24-20)13-25-9-3-4-15(12-25)7-8-17-18(21)5-2-6-19(17)22/h2,5-6,10-11,15H,3-4,7-9,12-14H2,1H3/t15-/m0/s1. The lowest BCUT2D eigenvalue weighted by Crippen LogP contribution is -2.35. The highest BCUT2D eigenvalue weighted by molar-refractivity contribution is 5.19. The van der Waals surface area contributed by atoms with Crippen LogP contribution >= 0.6 is 0 Å². The zero-order valence-electron chi connectivity index (χ0n) is 15.1. The number of likely N-dealkylation sites (tertiary alicyclic amines) is 1. The molecular formula is C20H25F2N3O. The van der Waals surface area contributed by atoms with Crippen LogP contribution in [-0.4, -0.2) is 35.1 Å². The zero-order chi connectivity index (χ0) is 18.4. The van der Waals surface area contributed by atoms with Crippen LogP contribution in [0.15, 0.2) is 30.6 Å². The van der Waals surface area contributed by atoms with E-state index in [1.165, 1.54) is 18.2 Å². The summed E-state index contributed by atoms with van der Waals surface area (Å²) in [4.78, 5) is 11.0. The highest BCUT2D eigenvalue weighted by Crippen LogP contribution is 2.24. The first-order chi connectivity index (χ1) is 12.7. The van der Waals surface area contributed by atoms with Crippen LogP contribution in [0.5, 0.6) is 0 Å². The largest absolute Gasteiger partial charge is 0.377 e. The summed E-state index contributed by atoms with van der Waals surface area (Å²) in [6, 6.07) is 4.08. The zero-order valence-corrected chi connectivity index (χ0v) is 15.1. The molecule has 3 rings (SSSR count). The number of benzene rings is 1. The smallest absolute Gasteiger partial charge is 0.153 e. The molecule has 1 fully saturated rings. The Balaban J connectivity index is 1.52. The molecule has 0 bridgehead atoms. The molecule has 1 aliphatic rings. The van der Waals surface area contributed by atoms with Crippen molar-refractivity contribution in [3.63, 3.8) is 0 Å². The predicted octanol–water partition coefficient (Wildman–Crippen LogP) is 3.75. The number of ether oxygens (including phenoxy) is 1. The lowest BCUT2D eigenvalue weighted by atomic mass is 9.91. The topological polar surface area (TPSA) is 38.2 Å². The number of halogens is 2. The molecule has 0 radical (unpaired) electrons. The highest BCUT2D eigenvalue weighted by Gasteiger charge is 2.21. The van der Waals surface area contributed by atoms with E-state index in [0.29, 0.717) is 24.8 Å². The number of piperidine rings is 1. The molecule has 1 aliphatic heterocycles. The van der Waals surface area contributed by atoms with Gasteiger partial charge in [0, 0.05) is 43.7 Å². The Kier molecular flexibility index (Phi) is 6.63. The van der Waals surface area contributed by atoms with Crippen LogP contribution in [-0.2, 0) is 24.3 Å². The van der Waals surface area contributed by atoms with Gasteiger partial charge in [0.25, 0.3) is 0 Å². The van der Waals surface area contributed by atoms with Crippen LogP contribution in [0.4, 0.5) is 8.78 Å². The van der Waals surface area contributed by atoms with Crippen molar-refractivity contribution >= 4 is 0 Å². The molecule has 4 nitrogen and oxygen atoms in total. The lowest BCUT2D eigenvalue weighted by molar-refractivity contribution is 0.160. The minimum absolute atomic E-state index is 0.215. The van der Waals surface area contributed by atoms with Crippen molar-refractivity contribution in [3.05, 3.63) is 59.2 Å². The number of methoxy groups -OCH3 is 1. The van der Waals surface area contributed by atoms with E-state index in [1.54, 1.807) is 7.11 Å². The van der Waals surface area contributed by atoms with Gasteiger partial charge in [-0.1, -0.05) is 6.07 Å². The molecule has 0 spiro atoms. The van der Waals surface area contributed by atoms with Crippen molar-refractivity contribution in [2.45, 2.75) is 38.8 Å². The van der Waals surface area contributed by atoms with E-state index < -0.39 is 11.6 Å². The van der Waals surface area contributed by atoms with Crippen molar-refractivity contribution < 1.29 is 13.5 Å². The lowest BCUT2D eigenvalue weighted by Gasteiger charge is -2.32. The maximum atomic E-state index is 13.8. The normalized spacial score (nSPS) is 18.2. The molecule has 2 heterocycles. The van der Waals surface area contributed by atoms with Crippen molar-refractivity contribution in [2.24, 2.45) is 5.92 Å². The number of hydrogen-bond donors (Lipinski definition) is 0. The van der Waals surface area contributed by atoms with Crippen LogP contribution in [0.25, 0.3) is 0 Å². The number of nitrogens with zero attached hydrogens (tertiary/aromatic N) is 3. The van der Waals surface area contributed by atoms with E-state index in [2.05, 4.69) is 14.9 Å². The molecule has 2 aromatic rings.